The minimum atomic E-state index is -0.196. The Morgan fingerprint density at radius 1 is 1.41 bits per heavy atom. The zero-order chi connectivity index (χ0) is 15.4. The fraction of sp³-hybridized carbons (Fsp3) is 0.375. The summed E-state index contributed by atoms with van der Waals surface area (Å²) in [7, 11) is 0. The topological polar surface area (TPSA) is 60.5 Å². The number of fused-ring (bicyclic) bond motifs is 1. The average molecular weight is 321 g/mol. The molecule has 1 amide bonds. The van der Waals surface area contributed by atoms with Gasteiger partial charge in [0.15, 0.2) is 0 Å². The van der Waals surface area contributed by atoms with Gasteiger partial charge in [-0.3, -0.25) is 4.79 Å². The number of ether oxygens (including phenoxy) is 2. The minimum Gasteiger partial charge on any atom is -0.376 e. The molecule has 1 fully saturated rings. The predicted molar refractivity (Wildman–Crippen MR) is 85.2 cm³/mol. The molecule has 0 spiro atoms. The number of nitrogens with zero attached hydrogens (tertiary/aromatic N) is 1. The summed E-state index contributed by atoms with van der Waals surface area (Å²) in [4.78, 5) is 16.0. The van der Waals surface area contributed by atoms with Crippen molar-refractivity contribution in [2.45, 2.75) is 18.9 Å². The van der Waals surface area contributed by atoms with Crippen molar-refractivity contribution in [3.8, 4) is 0 Å². The molecule has 2 aromatic rings. The number of aromatic nitrogens is 1. The van der Waals surface area contributed by atoms with E-state index in [1.807, 2.05) is 24.3 Å². The van der Waals surface area contributed by atoms with E-state index in [9.17, 15) is 4.79 Å². The Balaban J connectivity index is 1.60. The van der Waals surface area contributed by atoms with Crippen molar-refractivity contribution >= 4 is 34.0 Å². The number of hydrogen-bond donors (Lipinski definition) is 1. The maximum atomic E-state index is 12.0. The Kier molecular flexibility index (Phi) is 4.87. The highest BCUT2D eigenvalue weighted by Gasteiger charge is 2.16. The molecule has 22 heavy (non-hydrogen) atoms. The third-order valence-electron chi connectivity index (χ3n) is 3.59. The fourth-order valence-electron chi connectivity index (χ4n) is 2.53. The van der Waals surface area contributed by atoms with Crippen LogP contribution in [0.1, 0.15) is 12.8 Å². The summed E-state index contributed by atoms with van der Waals surface area (Å²) in [6.07, 6.45) is 3.80. The van der Waals surface area contributed by atoms with Crippen LogP contribution in [0.2, 0.25) is 5.15 Å². The lowest BCUT2D eigenvalue weighted by atomic mass is 10.1. The Morgan fingerprint density at radius 3 is 3.14 bits per heavy atom. The van der Waals surface area contributed by atoms with Crippen molar-refractivity contribution in [1.29, 1.82) is 0 Å². The number of carbonyl (C=O) groups is 1. The van der Waals surface area contributed by atoms with Gasteiger partial charge in [-0.1, -0.05) is 23.7 Å². The van der Waals surface area contributed by atoms with Gasteiger partial charge in [0.05, 0.1) is 12.7 Å². The van der Waals surface area contributed by atoms with Gasteiger partial charge in [0.2, 0.25) is 5.91 Å². The van der Waals surface area contributed by atoms with Gasteiger partial charge in [0.25, 0.3) is 0 Å². The van der Waals surface area contributed by atoms with Gasteiger partial charge in [-0.15, -0.1) is 0 Å². The van der Waals surface area contributed by atoms with Gasteiger partial charge in [0, 0.05) is 29.3 Å². The van der Waals surface area contributed by atoms with Crippen LogP contribution in [0, 0.1) is 0 Å². The SMILES string of the molecule is O=C(COCC1CCCO1)Nc1cccc2c(Cl)nccc12. The van der Waals surface area contributed by atoms with Crippen LogP contribution in [-0.2, 0) is 14.3 Å². The quantitative estimate of drug-likeness (QED) is 0.860. The van der Waals surface area contributed by atoms with Gasteiger partial charge in [-0.25, -0.2) is 4.98 Å². The number of nitrogens with one attached hydrogen (secondary N) is 1. The van der Waals surface area contributed by atoms with Crippen LogP contribution >= 0.6 is 11.6 Å². The van der Waals surface area contributed by atoms with Crippen LogP contribution in [0.4, 0.5) is 5.69 Å². The van der Waals surface area contributed by atoms with Crippen molar-refractivity contribution in [1.82, 2.24) is 4.98 Å². The molecule has 1 aromatic heterocycles. The lowest BCUT2D eigenvalue weighted by Crippen LogP contribution is -2.22. The van der Waals surface area contributed by atoms with Crippen LogP contribution in [0.5, 0.6) is 0 Å². The second-order valence-electron chi connectivity index (χ2n) is 5.20. The zero-order valence-corrected chi connectivity index (χ0v) is 12.8. The smallest absolute Gasteiger partial charge is 0.250 e. The highest BCUT2D eigenvalue weighted by atomic mass is 35.5. The second-order valence-corrected chi connectivity index (χ2v) is 5.56. The normalized spacial score (nSPS) is 17.8. The third-order valence-corrected chi connectivity index (χ3v) is 3.89. The van der Waals surface area contributed by atoms with Crippen molar-refractivity contribution < 1.29 is 14.3 Å². The summed E-state index contributed by atoms with van der Waals surface area (Å²) in [6.45, 7) is 1.25. The lowest BCUT2D eigenvalue weighted by Gasteiger charge is -2.11. The Labute approximate surface area is 133 Å². The van der Waals surface area contributed by atoms with E-state index in [-0.39, 0.29) is 18.6 Å². The van der Waals surface area contributed by atoms with E-state index < -0.39 is 0 Å². The van der Waals surface area contributed by atoms with Crippen molar-refractivity contribution in [3.05, 3.63) is 35.6 Å². The Hall–Kier alpha value is -1.69. The van der Waals surface area contributed by atoms with Crippen LogP contribution in [-0.4, -0.2) is 36.8 Å². The number of pyridine rings is 1. The fourth-order valence-corrected chi connectivity index (χ4v) is 2.75. The molecular formula is C16H17ClN2O3. The molecule has 0 radical (unpaired) electrons. The van der Waals surface area contributed by atoms with E-state index in [1.165, 1.54) is 0 Å². The highest BCUT2D eigenvalue weighted by Crippen LogP contribution is 2.27. The summed E-state index contributed by atoms with van der Waals surface area (Å²) in [5.41, 5.74) is 0.701. The maximum absolute atomic E-state index is 12.0. The third kappa shape index (κ3) is 3.55. The van der Waals surface area contributed by atoms with Crippen LogP contribution < -0.4 is 5.32 Å². The van der Waals surface area contributed by atoms with Gasteiger partial charge >= 0.3 is 0 Å². The van der Waals surface area contributed by atoms with E-state index in [0.717, 1.165) is 30.2 Å². The summed E-state index contributed by atoms with van der Waals surface area (Å²) in [6, 6.07) is 7.35. The van der Waals surface area contributed by atoms with E-state index in [4.69, 9.17) is 21.1 Å². The largest absolute Gasteiger partial charge is 0.376 e. The average Bonchev–Trinajstić information content (AvgIpc) is 3.02. The first-order valence-corrected chi connectivity index (χ1v) is 7.64. The number of amides is 1. The highest BCUT2D eigenvalue weighted by molar-refractivity contribution is 6.34. The first kappa shape index (κ1) is 15.2. The zero-order valence-electron chi connectivity index (χ0n) is 12.0. The van der Waals surface area contributed by atoms with Crippen molar-refractivity contribution in [3.63, 3.8) is 0 Å². The summed E-state index contributed by atoms with van der Waals surface area (Å²) in [5, 5.41) is 4.93. The molecule has 5 nitrogen and oxygen atoms in total. The maximum Gasteiger partial charge on any atom is 0.250 e. The van der Waals surface area contributed by atoms with Gasteiger partial charge in [0.1, 0.15) is 11.8 Å². The molecule has 1 saturated heterocycles. The molecule has 0 bridgehead atoms. The Bertz CT molecular complexity index is 671. The van der Waals surface area contributed by atoms with Gasteiger partial charge in [-0.05, 0) is 25.0 Å². The molecule has 1 atom stereocenters. The summed E-state index contributed by atoms with van der Waals surface area (Å²) in [5.74, 6) is -0.196. The summed E-state index contributed by atoms with van der Waals surface area (Å²) < 4.78 is 10.9. The van der Waals surface area contributed by atoms with Crippen LogP contribution in [0.15, 0.2) is 30.5 Å². The van der Waals surface area contributed by atoms with Crippen molar-refractivity contribution in [2.75, 3.05) is 25.1 Å². The number of rotatable bonds is 5. The predicted octanol–water partition coefficient (Wildman–Crippen LogP) is 3.02. The standard InChI is InChI=1S/C16H17ClN2O3/c17-16-13-4-1-5-14(12(13)6-7-18-16)19-15(20)10-21-9-11-3-2-8-22-11/h1,4-7,11H,2-3,8-10H2,(H,19,20). The summed E-state index contributed by atoms with van der Waals surface area (Å²) >= 11 is 6.06. The lowest BCUT2D eigenvalue weighted by molar-refractivity contribution is -0.121. The molecule has 1 unspecified atom stereocenters. The van der Waals surface area contributed by atoms with E-state index >= 15 is 0 Å². The van der Waals surface area contributed by atoms with E-state index in [1.54, 1.807) is 6.20 Å². The number of hydrogen-bond acceptors (Lipinski definition) is 4. The molecule has 1 N–H and O–H groups in total. The van der Waals surface area contributed by atoms with E-state index in [2.05, 4.69) is 10.3 Å². The number of anilines is 1. The number of halogens is 1. The molecule has 2 heterocycles. The molecule has 116 valence electrons. The van der Waals surface area contributed by atoms with Crippen LogP contribution in [0.3, 0.4) is 0 Å². The second kappa shape index (κ2) is 7.05. The van der Waals surface area contributed by atoms with E-state index in [0.29, 0.717) is 17.4 Å². The molecule has 0 saturated carbocycles. The Morgan fingerprint density at radius 2 is 2.32 bits per heavy atom. The van der Waals surface area contributed by atoms with Gasteiger partial charge in [-0.2, -0.15) is 0 Å². The van der Waals surface area contributed by atoms with Crippen LogP contribution in [0.25, 0.3) is 10.8 Å². The van der Waals surface area contributed by atoms with Crippen molar-refractivity contribution in [2.24, 2.45) is 0 Å². The monoisotopic (exact) mass is 320 g/mol. The number of benzene rings is 1. The minimum absolute atomic E-state index is 0.00899. The molecule has 1 aliphatic heterocycles. The molecule has 1 aliphatic rings. The molecule has 6 heteroatoms. The molecule has 0 aliphatic carbocycles. The molecular weight excluding hydrogens is 304 g/mol. The first-order chi connectivity index (χ1) is 10.7. The number of carbonyl (C=O) groups excluding carboxylic acids is 1. The van der Waals surface area contributed by atoms with Gasteiger partial charge < -0.3 is 14.8 Å². The molecule has 1 aromatic carbocycles. The molecule has 3 rings (SSSR count). The first-order valence-electron chi connectivity index (χ1n) is 7.26.